The van der Waals surface area contributed by atoms with Gasteiger partial charge in [-0.2, -0.15) is 0 Å². The molecule has 4 aromatic rings. The summed E-state index contributed by atoms with van der Waals surface area (Å²) in [6.45, 7) is 0. The summed E-state index contributed by atoms with van der Waals surface area (Å²) in [5, 5.41) is 15.2. The average Bonchev–Trinajstić information content (AvgIpc) is 2.62. The van der Waals surface area contributed by atoms with Crippen molar-refractivity contribution < 1.29 is 9.90 Å². The first-order chi connectivity index (χ1) is 11.7. The van der Waals surface area contributed by atoms with Gasteiger partial charge in [-0.25, -0.2) is 9.78 Å². The van der Waals surface area contributed by atoms with Crippen molar-refractivity contribution in [2.75, 3.05) is 5.32 Å². The number of benzene rings is 2. The molecule has 124 valence electrons. The van der Waals surface area contributed by atoms with Crippen molar-refractivity contribution >= 4 is 51.6 Å². The molecular weight excluding hydrogens is 338 g/mol. The number of halogens is 1. The first-order valence-corrected chi connectivity index (χ1v) is 7.45. The van der Waals surface area contributed by atoms with E-state index in [4.69, 9.17) is 0 Å². The summed E-state index contributed by atoms with van der Waals surface area (Å²) in [5.74, 6) is -0.295. The molecule has 0 spiro atoms. The van der Waals surface area contributed by atoms with Crippen molar-refractivity contribution in [2.24, 2.45) is 0 Å². The maximum atomic E-state index is 11.2. The highest BCUT2D eigenvalue weighted by molar-refractivity contribution is 6.11. The number of aromatic carboxylic acids is 1. The predicted octanol–water partition coefficient (Wildman–Crippen LogP) is 4.65. The van der Waals surface area contributed by atoms with Crippen molar-refractivity contribution in [3.05, 3.63) is 72.6 Å². The van der Waals surface area contributed by atoms with Gasteiger partial charge in [-0.05, 0) is 30.3 Å². The monoisotopic (exact) mass is 351 g/mol. The second-order valence-electron chi connectivity index (χ2n) is 5.41. The molecule has 0 aliphatic heterocycles. The third kappa shape index (κ3) is 3.09. The maximum absolute atomic E-state index is 11.2. The van der Waals surface area contributed by atoms with Crippen LogP contribution in [0.25, 0.3) is 21.7 Å². The lowest BCUT2D eigenvalue weighted by Gasteiger charge is -2.11. The van der Waals surface area contributed by atoms with Crippen LogP contribution in [0.3, 0.4) is 0 Å². The highest BCUT2D eigenvalue weighted by Gasteiger charge is 2.11. The molecule has 0 atom stereocenters. The third-order valence-electron chi connectivity index (χ3n) is 3.88. The number of rotatable bonds is 3. The number of hydrogen-bond donors (Lipinski definition) is 2. The van der Waals surface area contributed by atoms with Gasteiger partial charge in [0.1, 0.15) is 5.82 Å². The van der Waals surface area contributed by atoms with Crippen molar-refractivity contribution in [3.8, 4) is 0 Å². The number of pyridine rings is 2. The molecule has 0 radical (unpaired) electrons. The van der Waals surface area contributed by atoms with E-state index in [1.165, 1.54) is 0 Å². The summed E-state index contributed by atoms with van der Waals surface area (Å²) in [4.78, 5) is 20.1. The highest BCUT2D eigenvalue weighted by atomic mass is 35.5. The number of anilines is 2. The zero-order valence-corrected chi connectivity index (χ0v) is 13.8. The Morgan fingerprint density at radius 2 is 1.76 bits per heavy atom. The van der Waals surface area contributed by atoms with Gasteiger partial charge in [-0.3, -0.25) is 4.98 Å². The number of nitrogens with zero attached hydrogens (tertiary/aromatic N) is 2. The summed E-state index contributed by atoms with van der Waals surface area (Å²) in [5.41, 5.74) is 1.74. The Bertz CT molecular complexity index is 1070. The fourth-order valence-corrected chi connectivity index (χ4v) is 2.73. The Kier molecular flexibility index (Phi) is 4.50. The maximum Gasteiger partial charge on any atom is 0.335 e. The first kappa shape index (κ1) is 16.7. The molecule has 2 heterocycles. The van der Waals surface area contributed by atoms with Crippen LogP contribution in [0.1, 0.15) is 10.4 Å². The number of hydrogen-bond acceptors (Lipinski definition) is 4. The quantitative estimate of drug-likeness (QED) is 0.525. The molecule has 2 aromatic carbocycles. The van der Waals surface area contributed by atoms with Crippen LogP contribution in [0.5, 0.6) is 0 Å². The zero-order valence-electron chi connectivity index (χ0n) is 13.0. The lowest BCUT2D eigenvalue weighted by Crippen LogP contribution is -1.99. The molecule has 2 N–H and O–H groups in total. The fourth-order valence-electron chi connectivity index (χ4n) is 2.73. The Labute approximate surface area is 149 Å². The number of para-hydroxylation sites is 1. The molecule has 0 bridgehead atoms. The largest absolute Gasteiger partial charge is 0.478 e. The van der Waals surface area contributed by atoms with E-state index in [1.54, 1.807) is 30.6 Å². The molecule has 25 heavy (non-hydrogen) atoms. The summed E-state index contributed by atoms with van der Waals surface area (Å²) in [7, 11) is 0. The van der Waals surface area contributed by atoms with E-state index in [0.717, 1.165) is 21.8 Å². The predicted molar refractivity (Wildman–Crippen MR) is 101 cm³/mol. The summed E-state index contributed by atoms with van der Waals surface area (Å²) >= 11 is 0. The van der Waals surface area contributed by atoms with Gasteiger partial charge < -0.3 is 10.4 Å². The van der Waals surface area contributed by atoms with Gasteiger partial charge >= 0.3 is 5.97 Å². The van der Waals surface area contributed by atoms with E-state index in [0.29, 0.717) is 11.3 Å². The van der Waals surface area contributed by atoms with Crippen LogP contribution in [-0.4, -0.2) is 21.0 Å². The lowest BCUT2D eigenvalue weighted by atomic mass is 10.1. The minimum atomic E-state index is -0.970. The Morgan fingerprint density at radius 1 is 0.960 bits per heavy atom. The fraction of sp³-hybridized carbons (Fsp3) is 0. The van der Waals surface area contributed by atoms with Crippen molar-refractivity contribution in [2.45, 2.75) is 0 Å². The molecule has 4 rings (SSSR count). The van der Waals surface area contributed by atoms with Crippen LogP contribution >= 0.6 is 12.4 Å². The molecular formula is C19H14ClN3O2. The SMILES string of the molecule is Cl.O=C(O)c1ccc2c(c1)nc(Nc1ccccc1)c1ccncc12. The Morgan fingerprint density at radius 3 is 2.52 bits per heavy atom. The van der Waals surface area contributed by atoms with Crippen LogP contribution in [0, 0.1) is 0 Å². The van der Waals surface area contributed by atoms with Gasteiger partial charge in [0, 0.05) is 34.2 Å². The standard InChI is InChI=1S/C19H13N3O2.ClH/c23-19(24)12-6-7-14-16-11-20-9-8-15(16)18(22-17(14)10-12)21-13-4-2-1-3-5-13;/h1-11H,(H,21,22)(H,23,24);1H. The molecule has 0 fully saturated rings. The van der Waals surface area contributed by atoms with Gasteiger partial charge in [0.25, 0.3) is 0 Å². The van der Waals surface area contributed by atoms with E-state index < -0.39 is 5.97 Å². The van der Waals surface area contributed by atoms with E-state index in [2.05, 4.69) is 15.3 Å². The molecule has 0 saturated heterocycles. The second kappa shape index (κ2) is 6.75. The van der Waals surface area contributed by atoms with Crippen LogP contribution in [-0.2, 0) is 0 Å². The normalized spacial score (nSPS) is 10.4. The van der Waals surface area contributed by atoms with E-state index in [9.17, 15) is 9.90 Å². The third-order valence-corrected chi connectivity index (χ3v) is 3.88. The number of nitrogens with one attached hydrogen (secondary N) is 1. The van der Waals surface area contributed by atoms with Gasteiger partial charge in [-0.1, -0.05) is 24.3 Å². The lowest BCUT2D eigenvalue weighted by molar-refractivity contribution is 0.0697. The van der Waals surface area contributed by atoms with Crippen molar-refractivity contribution in [1.82, 2.24) is 9.97 Å². The molecule has 2 aromatic heterocycles. The van der Waals surface area contributed by atoms with Crippen LogP contribution in [0.15, 0.2) is 67.0 Å². The molecule has 0 unspecified atom stereocenters. The number of carbonyl (C=O) groups is 1. The van der Waals surface area contributed by atoms with Crippen LogP contribution in [0.2, 0.25) is 0 Å². The minimum absolute atomic E-state index is 0. The zero-order chi connectivity index (χ0) is 16.5. The number of fused-ring (bicyclic) bond motifs is 3. The van der Waals surface area contributed by atoms with E-state index >= 15 is 0 Å². The Balaban J connectivity index is 0.00000182. The molecule has 0 amide bonds. The number of carboxylic acids is 1. The minimum Gasteiger partial charge on any atom is -0.478 e. The highest BCUT2D eigenvalue weighted by Crippen LogP contribution is 2.30. The van der Waals surface area contributed by atoms with Gasteiger partial charge in [0.2, 0.25) is 0 Å². The molecule has 0 aliphatic rings. The van der Waals surface area contributed by atoms with Gasteiger partial charge in [-0.15, -0.1) is 12.4 Å². The molecule has 6 heteroatoms. The summed E-state index contributed by atoms with van der Waals surface area (Å²) < 4.78 is 0. The number of aromatic nitrogens is 2. The summed E-state index contributed by atoms with van der Waals surface area (Å²) in [6.07, 6.45) is 3.49. The molecule has 5 nitrogen and oxygen atoms in total. The van der Waals surface area contributed by atoms with Crippen LogP contribution < -0.4 is 5.32 Å². The molecule has 0 aliphatic carbocycles. The first-order valence-electron chi connectivity index (χ1n) is 7.45. The summed E-state index contributed by atoms with van der Waals surface area (Å²) in [6, 6.07) is 16.6. The van der Waals surface area contributed by atoms with Gasteiger partial charge in [0.05, 0.1) is 11.1 Å². The number of carboxylic acid groups (broad SMARTS) is 1. The van der Waals surface area contributed by atoms with Gasteiger partial charge in [0.15, 0.2) is 0 Å². The molecule has 0 saturated carbocycles. The Hall–Kier alpha value is -3.18. The topological polar surface area (TPSA) is 75.1 Å². The smallest absolute Gasteiger partial charge is 0.335 e. The van der Waals surface area contributed by atoms with E-state index in [-0.39, 0.29) is 18.0 Å². The van der Waals surface area contributed by atoms with Crippen molar-refractivity contribution in [1.29, 1.82) is 0 Å². The second-order valence-corrected chi connectivity index (χ2v) is 5.41. The van der Waals surface area contributed by atoms with Crippen LogP contribution in [0.4, 0.5) is 11.5 Å². The average molecular weight is 352 g/mol. The van der Waals surface area contributed by atoms with E-state index in [1.807, 2.05) is 36.4 Å². The van der Waals surface area contributed by atoms with Crippen molar-refractivity contribution in [3.63, 3.8) is 0 Å².